The van der Waals surface area contributed by atoms with Gasteiger partial charge < -0.3 is 26.2 Å². The van der Waals surface area contributed by atoms with Crippen molar-refractivity contribution in [3.05, 3.63) is 59.2 Å². The third-order valence-electron chi connectivity index (χ3n) is 5.61. The van der Waals surface area contributed by atoms with Crippen molar-refractivity contribution in [1.29, 1.82) is 0 Å². The zero-order chi connectivity index (χ0) is 23.1. The molecule has 1 fully saturated rings. The predicted octanol–water partition coefficient (Wildman–Crippen LogP) is 1.68. The number of primary amides is 1. The Morgan fingerprint density at radius 1 is 0.906 bits per heavy atom. The molecule has 1 aliphatic heterocycles. The van der Waals surface area contributed by atoms with Crippen molar-refractivity contribution in [2.24, 2.45) is 5.73 Å². The highest BCUT2D eigenvalue weighted by Crippen LogP contribution is 2.26. The monoisotopic (exact) mass is 437 g/mol. The van der Waals surface area contributed by atoms with E-state index in [1.807, 2.05) is 12.1 Å². The van der Waals surface area contributed by atoms with Crippen LogP contribution in [0.4, 0.5) is 11.4 Å². The number of nitrogens with two attached hydrogens (primary N) is 1. The Labute approximate surface area is 188 Å². The number of nitrogens with zero attached hydrogens (tertiary/aromatic N) is 2. The van der Waals surface area contributed by atoms with Crippen LogP contribution in [0.25, 0.3) is 0 Å². The molecule has 3 rings (SSSR count). The molecule has 170 valence electrons. The predicted molar refractivity (Wildman–Crippen MR) is 126 cm³/mol. The SMILES string of the molecule is CC(=O)NCCCNC(=O)c1ccc(N2CCN(c3ccccc3C)CC2)c(C(N)=O)c1. The van der Waals surface area contributed by atoms with Gasteiger partial charge in [0.2, 0.25) is 5.91 Å². The summed E-state index contributed by atoms with van der Waals surface area (Å²) in [4.78, 5) is 40.0. The zero-order valence-corrected chi connectivity index (χ0v) is 18.7. The molecular weight excluding hydrogens is 406 g/mol. The van der Waals surface area contributed by atoms with Gasteiger partial charge in [-0.1, -0.05) is 18.2 Å². The number of nitrogens with one attached hydrogen (secondary N) is 2. The molecule has 1 saturated heterocycles. The number of aryl methyl sites for hydroxylation is 1. The van der Waals surface area contributed by atoms with Gasteiger partial charge in [-0.2, -0.15) is 0 Å². The van der Waals surface area contributed by atoms with Crippen LogP contribution in [0.3, 0.4) is 0 Å². The molecule has 2 aromatic rings. The van der Waals surface area contributed by atoms with E-state index >= 15 is 0 Å². The van der Waals surface area contributed by atoms with E-state index in [-0.39, 0.29) is 11.8 Å². The van der Waals surface area contributed by atoms with Gasteiger partial charge >= 0.3 is 0 Å². The average Bonchev–Trinajstić information content (AvgIpc) is 2.78. The Bertz CT molecular complexity index is 983. The van der Waals surface area contributed by atoms with Crippen molar-refractivity contribution >= 4 is 29.1 Å². The number of carbonyl (C=O) groups excluding carboxylic acids is 3. The van der Waals surface area contributed by atoms with E-state index in [0.717, 1.165) is 31.9 Å². The van der Waals surface area contributed by atoms with E-state index in [9.17, 15) is 14.4 Å². The Balaban J connectivity index is 1.64. The smallest absolute Gasteiger partial charge is 0.251 e. The highest BCUT2D eigenvalue weighted by atomic mass is 16.2. The average molecular weight is 438 g/mol. The van der Waals surface area contributed by atoms with E-state index in [0.29, 0.717) is 30.6 Å². The first kappa shape index (κ1) is 23.1. The molecule has 1 heterocycles. The zero-order valence-electron chi connectivity index (χ0n) is 18.7. The van der Waals surface area contributed by atoms with Crippen molar-refractivity contribution in [2.75, 3.05) is 49.1 Å². The van der Waals surface area contributed by atoms with Gasteiger partial charge in [0.15, 0.2) is 0 Å². The summed E-state index contributed by atoms with van der Waals surface area (Å²) in [5, 5.41) is 5.49. The molecule has 0 radical (unpaired) electrons. The van der Waals surface area contributed by atoms with E-state index in [4.69, 9.17) is 5.73 Å². The minimum atomic E-state index is -0.554. The van der Waals surface area contributed by atoms with Crippen molar-refractivity contribution in [2.45, 2.75) is 20.3 Å². The Kier molecular flexibility index (Phi) is 7.70. The molecular formula is C24H31N5O3. The number of carbonyl (C=O) groups is 3. The summed E-state index contributed by atoms with van der Waals surface area (Å²) < 4.78 is 0. The van der Waals surface area contributed by atoms with E-state index < -0.39 is 5.91 Å². The fourth-order valence-corrected chi connectivity index (χ4v) is 3.91. The second-order valence-electron chi connectivity index (χ2n) is 7.95. The topological polar surface area (TPSA) is 108 Å². The maximum Gasteiger partial charge on any atom is 0.251 e. The molecule has 0 aliphatic carbocycles. The fourth-order valence-electron chi connectivity index (χ4n) is 3.91. The van der Waals surface area contributed by atoms with Crippen LogP contribution in [-0.4, -0.2) is 57.0 Å². The quantitative estimate of drug-likeness (QED) is 0.545. The van der Waals surface area contributed by atoms with Gasteiger partial charge in [0, 0.05) is 63.1 Å². The largest absolute Gasteiger partial charge is 0.368 e. The number of benzene rings is 2. The number of para-hydroxylation sites is 1. The van der Waals surface area contributed by atoms with Crippen LogP contribution >= 0.6 is 0 Å². The van der Waals surface area contributed by atoms with Gasteiger partial charge in [-0.3, -0.25) is 14.4 Å². The first-order chi connectivity index (χ1) is 15.4. The van der Waals surface area contributed by atoms with E-state index in [1.165, 1.54) is 18.2 Å². The first-order valence-electron chi connectivity index (χ1n) is 10.9. The summed E-state index contributed by atoms with van der Waals surface area (Å²) in [5.74, 6) is -0.925. The molecule has 4 N–H and O–H groups in total. The normalized spacial score (nSPS) is 13.6. The lowest BCUT2D eigenvalue weighted by atomic mass is 10.1. The highest BCUT2D eigenvalue weighted by molar-refractivity contribution is 6.03. The molecule has 0 saturated carbocycles. The number of anilines is 2. The molecule has 0 spiro atoms. The molecule has 0 atom stereocenters. The second-order valence-corrected chi connectivity index (χ2v) is 7.95. The maximum absolute atomic E-state index is 12.5. The Morgan fingerprint density at radius 3 is 2.16 bits per heavy atom. The Hall–Kier alpha value is -3.55. The number of hydrogen-bond donors (Lipinski definition) is 3. The molecule has 1 aliphatic rings. The number of piperazine rings is 1. The first-order valence-corrected chi connectivity index (χ1v) is 10.9. The highest BCUT2D eigenvalue weighted by Gasteiger charge is 2.22. The van der Waals surface area contributed by atoms with Crippen molar-refractivity contribution in [3.8, 4) is 0 Å². The fraction of sp³-hybridized carbons (Fsp3) is 0.375. The minimum absolute atomic E-state index is 0.0993. The minimum Gasteiger partial charge on any atom is -0.368 e. The summed E-state index contributed by atoms with van der Waals surface area (Å²) in [6, 6.07) is 13.4. The molecule has 3 amide bonds. The molecule has 0 unspecified atom stereocenters. The summed E-state index contributed by atoms with van der Waals surface area (Å²) in [7, 11) is 0. The van der Waals surface area contributed by atoms with E-state index in [1.54, 1.807) is 18.2 Å². The molecule has 0 bridgehead atoms. The van der Waals surface area contributed by atoms with Gasteiger partial charge in [0.25, 0.3) is 11.8 Å². The lowest BCUT2D eigenvalue weighted by Crippen LogP contribution is -2.47. The van der Waals surface area contributed by atoms with Crippen LogP contribution in [0.2, 0.25) is 0 Å². The van der Waals surface area contributed by atoms with Crippen LogP contribution in [0, 0.1) is 6.92 Å². The third kappa shape index (κ3) is 5.78. The molecule has 2 aromatic carbocycles. The molecule has 32 heavy (non-hydrogen) atoms. The Morgan fingerprint density at radius 2 is 1.53 bits per heavy atom. The molecule has 8 nitrogen and oxygen atoms in total. The van der Waals surface area contributed by atoms with Crippen LogP contribution in [0.15, 0.2) is 42.5 Å². The van der Waals surface area contributed by atoms with Gasteiger partial charge in [-0.05, 0) is 43.2 Å². The van der Waals surface area contributed by atoms with Crippen LogP contribution < -0.4 is 26.2 Å². The van der Waals surface area contributed by atoms with Gasteiger partial charge in [-0.15, -0.1) is 0 Å². The lowest BCUT2D eigenvalue weighted by molar-refractivity contribution is -0.118. The van der Waals surface area contributed by atoms with Crippen LogP contribution in [0.5, 0.6) is 0 Å². The van der Waals surface area contributed by atoms with Gasteiger partial charge in [-0.25, -0.2) is 0 Å². The maximum atomic E-state index is 12.5. The van der Waals surface area contributed by atoms with Gasteiger partial charge in [0.05, 0.1) is 5.56 Å². The summed E-state index contributed by atoms with van der Waals surface area (Å²) >= 11 is 0. The number of rotatable bonds is 8. The van der Waals surface area contributed by atoms with Crippen molar-refractivity contribution in [3.63, 3.8) is 0 Å². The van der Waals surface area contributed by atoms with Crippen molar-refractivity contribution < 1.29 is 14.4 Å². The number of amides is 3. The number of hydrogen-bond acceptors (Lipinski definition) is 5. The third-order valence-corrected chi connectivity index (χ3v) is 5.61. The summed E-state index contributed by atoms with van der Waals surface area (Å²) in [5.41, 5.74) is 9.61. The van der Waals surface area contributed by atoms with Gasteiger partial charge in [0.1, 0.15) is 0 Å². The van der Waals surface area contributed by atoms with Crippen LogP contribution in [0.1, 0.15) is 39.6 Å². The lowest BCUT2D eigenvalue weighted by Gasteiger charge is -2.38. The molecule has 0 aromatic heterocycles. The van der Waals surface area contributed by atoms with Crippen molar-refractivity contribution in [1.82, 2.24) is 10.6 Å². The van der Waals surface area contributed by atoms with E-state index in [2.05, 4.69) is 39.5 Å². The standard InChI is InChI=1S/C24H31N5O3/c1-17-6-3-4-7-21(17)28-12-14-29(15-13-28)22-9-8-19(16-20(22)23(25)31)24(32)27-11-5-10-26-18(2)30/h3-4,6-9,16H,5,10-15H2,1-2H3,(H2,25,31)(H,26,30)(H,27,32). The summed E-state index contributed by atoms with van der Waals surface area (Å²) in [6.07, 6.45) is 0.622. The molecule has 8 heteroatoms. The second kappa shape index (κ2) is 10.7. The van der Waals surface area contributed by atoms with Crippen LogP contribution in [-0.2, 0) is 4.79 Å². The summed E-state index contributed by atoms with van der Waals surface area (Å²) in [6.45, 7) is 7.65.